The van der Waals surface area contributed by atoms with E-state index in [9.17, 15) is 19.2 Å². The van der Waals surface area contributed by atoms with Crippen LogP contribution in [0.3, 0.4) is 0 Å². The number of nitrogens with two attached hydrogens (primary N) is 1. The molecular weight excluding hydrogens is 400 g/mol. The van der Waals surface area contributed by atoms with Crippen LogP contribution in [-0.4, -0.2) is 53.5 Å². The van der Waals surface area contributed by atoms with E-state index in [1.54, 1.807) is 13.8 Å². The van der Waals surface area contributed by atoms with E-state index in [0.29, 0.717) is 12.8 Å². The number of nitrogens with one attached hydrogen (secondary N) is 3. The molecule has 1 aromatic rings. The van der Waals surface area contributed by atoms with Gasteiger partial charge in [-0.15, -0.1) is 0 Å². The van der Waals surface area contributed by atoms with Gasteiger partial charge in [0.25, 0.3) is 0 Å². The topological polar surface area (TPSA) is 151 Å². The normalized spacial score (nSPS) is 13.9. The van der Waals surface area contributed by atoms with Crippen molar-refractivity contribution in [1.29, 1.82) is 0 Å². The summed E-state index contributed by atoms with van der Waals surface area (Å²) in [7, 11) is 0. The molecule has 9 heteroatoms. The summed E-state index contributed by atoms with van der Waals surface area (Å²) < 4.78 is 0. The highest BCUT2D eigenvalue weighted by Crippen LogP contribution is 2.07. The average molecular weight is 435 g/mol. The van der Waals surface area contributed by atoms with Gasteiger partial charge in [-0.25, -0.2) is 4.79 Å². The van der Waals surface area contributed by atoms with E-state index in [-0.39, 0.29) is 11.8 Å². The molecule has 31 heavy (non-hydrogen) atoms. The number of hydrogen-bond donors (Lipinski definition) is 5. The minimum absolute atomic E-state index is 0.104. The van der Waals surface area contributed by atoms with E-state index in [1.807, 2.05) is 44.2 Å². The average Bonchev–Trinajstić information content (AvgIpc) is 2.69. The fourth-order valence-corrected chi connectivity index (χ4v) is 2.97. The van der Waals surface area contributed by atoms with Crippen LogP contribution in [0.25, 0.3) is 0 Å². The number of carboxylic acids is 1. The molecule has 3 atom stereocenters. The summed E-state index contributed by atoms with van der Waals surface area (Å²) in [5.41, 5.74) is 6.91. The third-order valence-electron chi connectivity index (χ3n) is 4.65. The Hall–Kier alpha value is -2.94. The van der Waals surface area contributed by atoms with E-state index in [2.05, 4.69) is 16.0 Å². The van der Waals surface area contributed by atoms with Crippen molar-refractivity contribution in [2.45, 2.75) is 58.7 Å². The summed E-state index contributed by atoms with van der Waals surface area (Å²) in [6, 6.07) is 6.58. The Balaban J connectivity index is 2.66. The summed E-state index contributed by atoms with van der Waals surface area (Å²) in [4.78, 5) is 48.4. The molecule has 0 heterocycles. The fourth-order valence-electron chi connectivity index (χ4n) is 2.97. The maximum atomic E-state index is 12.6. The molecule has 0 aliphatic heterocycles. The van der Waals surface area contributed by atoms with Crippen LogP contribution in [0.1, 0.15) is 39.7 Å². The fraction of sp³-hybridized carbons (Fsp3) is 0.545. The zero-order valence-corrected chi connectivity index (χ0v) is 18.6. The molecular formula is C22H34N4O5. The monoisotopic (exact) mass is 434 g/mol. The first-order valence-electron chi connectivity index (χ1n) is 10.4. The highest BCUT2D eigenvalue weighted by Gasteiger charge is 2.26. The Kier molecular flexibility index (Phi) is 10.7. The lowest BCUT2D eigenvalue weighted by atomic mass is 10.0. The Bertz CT molecular complexity index is 752. The molecule has 9 nitrogen and oxygen atoms in total. The van der Waals surface area contributed by atoms with E-state index in [1.165, 1.54) is 0 Å². The van der Waals surface area contributed by atoms with Crippen LogP contribution in [0, 0.1) is 11.8 Å². The molecule has 1 rings (SSSR count). The van der Waals surface area contributed by atoms with E-state index >= 15 is 0 Å². The van der Waals surface area contributed by atoms with Crippen LogP contribution in [0.2, 0.25) is 0 Å². The van der Waals surface area contributed by atoms with Gasteiger partial charge < -0.3 is 26.8 Å². The summed E-state index contributed by atoms with van der Waals surface area (Å²) in [5.74, 6) is -2.96. The van der Waals surface area contributed by atoms with Crippen LogP contribution in [-0.2, 0) is 25.6 Å². The Morgan fingerprint density at radius 1 is 0.968 bits per heavy atom. The van der Waals surface area contributed by atoms with Gasteiger partial charge in [0.15, 0.2) is 0 Å². The maximum Gasteiger partial charge on any atom is 0.326 e. The SMILES string of the molecule is CC(C)CC(NC(=O)C(N)Cc1ccccc1)C(=O)NCC(=O)NC(C(=O)O)C(C)C. The van der Waals surface area contributed by atoms with E-state index < -0.39 is 48.4 Å². The van der Waals surface area contributed by atoms with Crippen molar-refractivity contribution < 1.29 is 24.3 Å². The summed E-state index contributed by atoms with van der Waals surface area (Å²) in [6.07, 6.45) is 0.692. The number of carbonyl (C=O) groups is 4. The summed E-state index contributed by atoms with van der Waals surface area (Å²) >= 11 is 0. The lowest BCUT2D eigenvalue weighted by molar-refractivity contribution is -0.143. The molecule has 1 aromatic carbocycles. The minimum Gasteiger partial charge on any atom is -0.480 e. The third-order valence-corrected chi connectivity index (χ3v) is 4.65. The molecule has 0 spiro atoms. The van der Waals surface area contributed by atoms with Crippen molar-refractivity contribution in [3.8, 4) is 0 Å². The summed E-state index contributed by atoms with van der Waals surface area (Å²) in [6.45, 7) is 6.76. The first-order valence-corrected chi connectivity index (χ1v) is 10.4. The van der Waals surface area contributed by atoms with Crippen LogP contribution >= 0.6 is 0 Å². The number of hydrogen-bond acceptors (Lipinski definition) is 5. The Morgan fingerprint density at radius 2 is 1.58 bits per heavy atom. The predicted octanol–water partition coefficient (Wildman–Crippen LogP) is 0.429. The first kappa shape index (κ1) is 26.1. The van der Waals surface area contributed by atoms with E-state index in [4.69, 9.17) is 10.8 Å². The second-order valence-electron chi connectivity index (χ2n) is 8.33. The van der Waals surface area contributed by atoms with Crippen molar-refractivity contribution in [2.75, 3.05) is 6.54 Å². The molecule has 0 bridgehead atoms. The molecule has 0 saturated carbocycles. The second kappa shape index (κ2) is 12.7. The number of carboxylic acid groups (broad SMARTS) is 1. The van der Waals surface area contributed by atoms with Gasteiger partial charge in [-0.1, -0.05) is 58.0 Å². The Labute approximate surface area is 183 Å². The lowest BCUT2D eigenvalue weighted by Crippen LogP contribution is -2.54. The largest absolute Gasteiger partial charge is 0.480 e. The Morgan fingerprint density at radius 3 is 2.10 bits per heavy atom. The van der Waals surface area contributed by atoms with Gasteiger partial charge in [-0.05, 0) is 30.2 Å². The number of rotatable bonds is 12. The van der Waals surface area contributed by atoms with Gasteiger partial charge in [0.05, 0.1) is 12.6 Å². The van der Waals surface area contributed by atoms with E-state index in [0.717, 1.165) is 5.56 Å². The van der Waals surface area contributed by atoms with Crippen molar-refractivity contribution in [2.24, 2.45) is 17.6 Å². The standard InChI is InChI=1S/C22H34N4O5/c1-13(2)10-17(25-20(28)16(23)11-15-8-6-5-7-9-15)21(29)24-12-18(27)26-19(14(3)4)22(30)31/h5-9,13-14,16-17,19H,10-12,23H2,1-4H3,(H,24,29)(H,25,28)(H,26,27)(H,30,31). The molecule has 0 fully saturated rings. The zero-order chi connectivity index (χ0) is 23.6. The third kappa shape index (κ3) is 9.61. The van der Waals surface area contributed by atoms with Crippen LogP contribution < -0.4 is 21.7 Å². The molecule has 3 unspecified atom stereocenters. The molecule has 0 aromatic heterocycles. The number of amides is 3. The summed E-state index contributed by atoms with van der Waals surface area (Å²) in [5, 5.41) is 16.7. The number of benzene rings is 1. The molecule has 0 aliphatic carbocycles. The van der Waals surface area contributed by atoms with Crippen molar-refractivity contribution in [1.82, 2.24) is 16.0 Å². The van der Waals surface area contributed by atoms with Gasteiger partial charge >= 0.3 is 5.97 Å². The van der Waals surface area contributed by atoms with Gasteiger partial charge in [-0.2, -0.15) is 0 Å². The van der Waals surface area contributed by atoms with Gasteiger partial charge in [0.2, 0.25) is 17.7 Å². The van der Waals surface area contributed by atoms with Gasteiger partial charge in [0, 0.05) is 0 Å². The molecule has 0 radical (unpaired) electrons. The maximum absolute atomic E-state index is 12.6. The highest BCUT2D eigenvalue weighted by molar-refractivity contribution is 5.92. The molecule has 6 N–H and O–H groups in total. The van der Waals surface area contributed by atoms with Crippen LogP contribution in [0.15, 0.2) is 30.3 Å². The van der Waals surface area contributed by atoms with Crippen LogP contribution in [0.5, 0.6) is 0 Å². The number of carbonyl (C=O) groups excluding carboxylic acids is 3. The number of aliphatic carboxylic acids is 1. The zero-order valence-electron chi connectivity index (χ0n) is 18.6. The highest BCUT2D eigenvalue weighted by atomic mass is 16.4. The second-order valence-corrected chi connectivity index (χ2v) is 8.33. The predicted molar refractivity (Wildman–Crippen MR) is 117 cm³/mol. The van der Waals surface area contributed by atoms with Gasteiger partial charge in [-0.3, -0.25) is 14.4 Å². The molecule has 0 saturated heterocycles. The quantitative estimate of drug-likeness (QED) is 0.322. The van der Waals surface area contributed by atoms with Gasteiger partial charge in [0.1, 0.15) is 12.1 Å². The smallest absolute Gasteiger partial charge is 0.326 e. The first-order chi connectivity index (χ1) is 14.5. The molecule has 172 valence electrons. The molecule has 3 amide bonds. The van der Waals surface area contributed by atoms with Crippen LogP contribution in [0.4, 0.5) is 0 Å². The van der Waals surface area contributed by atoms with Crippen molar-refractivity contribution in [3.05, 3.63) is 35.9 Å². The van der Waals surface area contributed by atoms with Crippen molar-refractivity contribution in [3.63, 3.8) is 0 Å². The lowest BCUT2D eigenvalue weighted by Gasteiger charge is -2.23. The minimum atomic E-state index is -1.15. The molecule has 0 aliphatic rings. The van der Waals surface area contributed by atoms with Crippen molar-refractivity contribution >= 4 is 23.7 Å².